The molecule has 0 amide bonds. The summed E-state index contributed by atoms with van der Waals surface area (Å²) < 4.78 is 36.6. The maximum Gasteiger partial charge on any atom is 0.351 e. The number of ether oxygens (including phenoxy) is 1. The van der Waals surface area contributed by atoms with Crippen LogP contribution in [0.2, 0.25) is 0 Å². The summed E-state index contributed by atoms with van der Waals surface area (Å²) in [7, 11) is 0. The first-order chi connectivity index (χ1) is 6.16. The monoisotopic (exact) mass is 223 g/mol. The van der Waals surface area contributed by atoms with Gasteiger partial charge in [0.15, 0.2) is 0 Å². The van der Waals surface area contributed by atoms with E-state index in [0.29, 0.717) is 0 Å². The summed E-state index contributed by atoms with van der Waals surface area (Å²) in [5, 5.41) is 1.42. The van der Waals surface area contributed by atoms with Gasteiger partial charge in [-0.2, -0.15) is 0 Å². The Balaban J connectivity index is 2.93. The van der Waals surface area contributed by atoms with Crippen LogP contribution in [0.4, 0.5) is 4.39 Å². The van der Waals surface area contributed by atoms with Crippen molar-refractivity contribution in [3.63, 3.8) is 0 Å². The average molecular weight is 223 g/mol. The summed E-state index contributed by atoms with van der Waals surface area (Å²) in [6.45, 7) is -1.26. The molecule has 1 heterocycles. The van der Waals surface area contributed by atoms with Crippen molar-refractivity contribution in [2.75, 3.05) is 6.86 Å². The van der Waals surface area contributed by atoms with Gasteiger partial charge < -0.3 is 9.29 Å². The lowest BCUT2D eigenvalue weighted by Gasteiger charge is -2.04. The van der Waals surface area contributed by atoms with Gasteiger partial charge in [0.05, 0.1) is 4.90 Å². The summed E-state index contributed by atoms with van der Waals surface area (Å²) in [6, 6.07) is 1.25. The normalized spacial score (nSPS) is 12.5. The third kappa shape index (κ3) is 2.33. The van der Waals surface area contributed by atoms with E-state index in [1.54, 1.807) is 0 Å². The lowest BCUT2D eigenvalue weighted by atomic mass is 10.5. The molecule has 1 aromatic rings. The molecule has 1 aromatic heterocycles. The maximum absolute atomic E-state index is 11.6. The van der Waals surface area contributed by atoms with Crippen molar-refractivity contribution in [2.24, 2.45) is 0 Å². The van der Waals surface area contributed by atoms with Crippen molar-refractivity contribution in [3.8, 4) is 0 Å². The summed E-state index contributed by atoms with van der Waals surface area (Å²) >= 11 is -1.60. The van der Waals surface area contributed by atoms with Gasteiger partial charge in [0.2, 0.25) is 6.86 Å². The van der Waals surface area contributed by atoms with Crippen LogP contribution in [-0.4, -0.2) is 21.6 Å². The van der Waals surface area contributed by atoms with Crippen LogP contribution in [-0.2, 0) is 15.8 Å². The van der Waals surface area contributed by atoms with Crippen LogP contribution >= 0.6 is 11.3 Å². The summed E-state index contributed by atoms with van der Waals surface area (Å²) in [6.07, 6.45) is 0. The van der Waals surface area contributed by atoms with Crippen LogP contribution in [0.25, 0.3) is 0 Å². The third-order valence-electron chi connectivity index (χ3n) is 1.18. The zero-order valence-electron chi connectivity index (χ0n) is 6.19. The van der Waals surface area contributed by atoms with Gasteiger partial charge in [-0.15, -0.1) is 11.3 Å². The Labute approximate surface area is 79.6 Å². The zero-order valence-corrected chi connectivity index (χ0v) is 7.82. The Morgan fingerprint density at radius 1 is 1.77 bits per heavy atom. The Bertz CT molecular complexity index is 335. The van der Waals surface area contributed by atoms with Gasteiger partial charge in [0.25, 0.3) is 0 Å². The molecule has 0 saturated heterocycles. The number of hydrogen-bond donors (Lipinski definition) is 0. The Morgan fingerprint density at radius 2 is 2.46 bits per heavy atom. The quantitative estimate of drug-likeness (QED) is 0.568. The molecule has 0 aliphatic carbocycles. The number of hydrogen-bond acceptors (Lipinski definition) is 5. The van der Waals surface area contributed by atoms with E-state index in [4.69, 9.17) is 0 Å². The molecule has 1 atom stereocenters. The fourth-order valence-corrected chi connectivity index (χ4v) is 2.22. The molecule has 7 heteroatoms. The first-order valence-corrected chi connectivity index (χ1v) is 5.02. The summed E-state index contributed by atoms with van der Waals surface area (Å²) in [5.74, 6) is -0.961. The predicted molar refractivity (Wildman–Crippen MR) is 42.9 cm³/mol. The maximum atomic E-state index is 11.6. The lowest BCUT2D eigenvalue weighted by molar-refractivity contribution is 0.0326. The number of alkyl halides is 1. The fraction of sp³-hybridized carbons (Fsp3) is 0.167. The topological polar surface area (TPSA) is 66.4 Å². The molecule has 0 aliphatic heterocycles. The highest BCUT2D eigenvalue weighted by atomic mass is 32.2. The first kappa shape index (κ1) is 10.3. The van der Waals surface area contributed by atoms with E-state index < -0.39 is 23.9 Å². The number of esters is 1. The smallest absolute Gasteiger partial charge is 0.351 e. The molecule has 1 rings (SSSR count). The minimum Gasteiger partial charge on any atom is -0.768 e. The van der Waals surface area contributed by atoms with Gasteiger partial charge in [0.1, 0.15) is 4.88 Å². The van der Waals surface area contributed by atoms with Crippen LogP contribution in [0.5, 0.6) is 0 Å². The highest BCUT2D eigenvalue weighted by molar-refractivity contribution is 7.79. The van der Waals surface area contributed by atoms with E-state index in [1.807, 2.05) is 0 Å². The van der Waals surface area contributed by atoms with Crippen molar-refractivity contribution < 1.29 is 22.7 Å². The Morgan fingerprint density at radius 3 is 3.00 bits per heavy atom. The molecule has 0 radical (unpaired) electrons. The van der Waals surface area contributed by atoms with Crippen molar-refractivity contribution in [1.82, 2.24) is 0 Å². The molecule has 0 N–H and O–H groups in total. The second-order valence-corrected chi connectivity index (χ2v) is 3.71. The SMILES string of the molecule is O=C(OCF)c1sccc1S(=O)[O-]. The predicted octanol–water partition coefficient (Wildman–Crippen LogP) is 1.07. The second-order valence-electron chi connectivity index (χ2n) is 1.89. The molecule has 4 nitrogen and oxygen atoms in total. The van der Waals surface area contributed by atoms with E-state index in [1.165, 1.54) is 11.4 Å². The Hall–Kier alpha value is -0.790. The molecular formula is C6H4FO4S2-. The number of carbonyl (C=O) groups excluding carboxylic acids is 1. The molecule has 0 saturated carbocycles. The van der Waals surface area contributed by atoms with E-state index in [0.717, 1.165) is 11.3 Å². The van der Waals surface area contributed by atoms with Crippen molar-refractivity contribution >= 4 is 28.4 Å². The number of rotatable bonds is 3. The molecule has 0 spiro atoms. The van der Waals surface area contributed by atoms with E-state index in [-0.39, 0.29) is 9.77 Å². The molecule has 0 aromatic carbocycles. The van der Waals surface area contributed by atoms with Crippen LogP contribution in [0.3, 0.4) is 0 Å². The first-order valence-electron chi connectivity index (χ1n) is 3.06. The largest absolute Gasteiger partial charge is 0.768 e. The molecule has 0 bridgehead atoms. The lowest BCUT2D eigenvalue weighted by Crippen LogP contribution is -2.05. The van der Waals surface area contributed by atoms with Crippen LogP contribution in [0.15, 0.2) is 16.3 Å². The molecule has 0 fully saturated rings. The summed E-state index contributed by atoms with van der Waals surface area (Å²) in [5.41, 5.74) is 0. The Kier molecular flexibility index (Phi) is 3.52. The van der Waals surface area contributed by atoms with Gasteiger partial charge in [0, 0.05) is 0 Å². The number of carbonyl (C=O) groups is 1. The molecule has 13 heavy (non-hydrogen) atoms. The molecule has 72 valence electrons. The van der Waals surface area contributed by atoms with Gasteiger partial charge in [-0.25, -0.2) is 9.18 Å². The fourth-order valence-electron chi connectivity index (χ4n) is 0.693. The number of halogens is 1. The standard InChI is InChI=1S/C6H5FO4S2/c7-3-11-6(8)5-4(13(9)10)1-2-12-5/h1-2H,3H2,(H,9,10)/p-1. The van der Waals surface area contributed by atoms with Crippen molar-refractivity contribution in [2.45, 2.75) is 4.90 Å². The van der Waals surface area contributed by atoms with Gasteiger partial charge in [-0.1, -0.05) is 0 Å². The average Bonchev–Trinajstić information content (AvgIpc) is 2.52. The highest BCUT2D eigenvalue weighted by Gasteiger charge is 2.14. The van der Waals surface area contributed by atoms with E-state index in [2.05, 4.69) is 4.74 Å². The van der Waals surface area contributed by atoms with E-state index in [9.17, 15) is 17.9 Å². The van der Waals surface area contributed by atoms with Crippen molar-refractivity contribution in [3.05, 3.63) is 16.3 Å². The molecule has 0 aliphatic rings. The second kappa shape index (κ2) is 4.45. The van der Waals surface area contributed by atoms with Crippen molar-refractivity contribution in [1.29, 1.82) is 0 Å². The van der Waals surface area contributed by atoms with Crippen LogP contribution < -0.4 is 0 Å². The summed E-state index contributed by atoms with van der Waals surface area (Å²) in [4.78, 5) is 10.6. The minimum absolute atomic E-state index is 0.106. The molecule has 1 unspecified atom stereocenters. The van der Waals surface area contributed by atoms with Crippen LogP contribution in [0.1, 0.15) is 9.67 Å². The van der Waals surface area contributed by atoms with Gasteiger partial charge in [-0.05, 0) is 22.5 Å². The third-order valence-corrected chi connectivity index (χ3v) is 2.90. The van der Waals surface area contributed by atoms with Gasteiger partial charge in [-0.3, -0.25) is 4.21 Å². The van der Waals surface area contributed by atoms with E-state index >= 15 is 0 Å². The van der Waals surface area contributed by atoms with Crippen LogP contribution in [0, 0.1) is 0 Å². The molecular weight excluding hydrogens is 219 g/mol. The van der Waals surface area contributed by atoms with Gasteiger partial charge >= 0.3 is 5.97 Å². The highest BCUT2D eigenvalue weighted by Crippen LogP contribution is 2.20. The number of thiophene rings is 1. The zero-order chi connectivity index (χ0) is 9.84. The minimum atomic E-state index is -2.50.